The molecule has 0 radical (unpaired) electrons. The normalized spacial score (nSPS) is 17.4. The van der Waals surface area contributed by atoms with Crippen molar-refractivity contribution in [2.45, 2.75) is 12.8 Å². The van der Waals surface area contributed by atoms with E-state index in [9.17, 15) is 4.79 Å². The number of hydrazone groups is 1. The first kappa shape index (κ1) is 24.1. The van der Waals surface area contributed by atoms with E-state index in [-0.39, 0.29) is 12.5 Å². The highest BCUT2D eigenvalue weighted by Gasteiger charge is 2.25. The van der Waals surface area contributed by atoms with Gasteiger partial charge in [-0.1, -0.05) is 60.1 Å². The van der Waals surface area contributed by atoms with Crippen LogP contribution in [-0.2, 0) is 9.53 Å². The molecular formula is C29H28ClN3O3. The van der Waals surface area contributed by atoms with E-state index in [2.05, 4.69) is 21.5 Å². The van der Waals surface area contributed by atoms with Crippen molar-refractivity contribution in [2.24, 2.45) is 5.10 Å². The highest BCUT2D eigenvalue weighted by molar-refractivity contribution is 6.30. The van der Waals surface area contributed by atoms with Gasteiger partial charge in [-0.3, -0.25) is 4.79 Å². The molecule has 36 heavy (non-hydrogen) atoms. The van der Waals surface area contributed by atoms with Gasteiger partial charge in [0.1, 0.15) is 5.75 Å². The van der Waals surface area contributed by atoms with Gasteiger partial charge in [-0.05, 0) is 59.2 Å². The van der Waals surface area contributed by atoms with Crippen LogP contribution in [-0.4, -0.2) is 49.9 Å². The lowest BCUT2D eigenvalue weighted by atomic mass is 10.1. The van der Waals surface area contributed by atoms with E-state index in [1.54, 1.807) is 6.21 Å². The van der Waals surface area contributed by atoms with Crippen molar-refractivity contribution in [3.8, 4) is 5.75 Å². The van der Waals surface area contributed by atoms with Crippen LogP contribution in [0, 0.1) is 0 Å². The minimum absolute atomic E-state index is 0.109. The van der Waals surface area contributed by atoms with Gasteiger partial charge in [0.05, 0.1) is 19.4 Å². The monoisotopic (exact) mass is 501 g/mol. The van der Waals surface area contributed by atoms with Gasteiger partial charge in [-0.2, -0.15) is 5.10 Å². The molecule has 1 aliphatic heterocycles. The molecule has 3 aromatic carbocycles. The number of nitrogens with zero attached hydrogens (tertiary/aromatic N) is 2. The Labute approximate surface area is 215 Å². The third-order valence-electron chi connectivity index (χ3n) is 6.33. The van der Waals surface area contributed by atoms with Crippen LogP contribution in [0.2, 0.25) is 5.02 Å². The predicted octanol–water partition coefficient (Wildman–Crippen LogP) is 5.44. The Morgan fingerprint density at radius 1 is 1.03 bits per heavy atom. The summed E-state index contributed by atoms with van der Waals surface area (Å²) in [6.07, 6.45) is 5.74. The lowest BCUT2D eigenvalue weighted by Crippen LogP contribution is -2.36. The fourth-order valence-corrected chi connectivity index (χ4v) is 4.74. The number of hydrogen-bond acceptors (Lipinski definition) is 5. The van der Waals surface area contributed by atoms with Gasteiger partial charge in [-0.25, -0.2) is 5.43 Å². The molecule has 1 N–H and O–H groups in total. The first-order chi connectivity index (χ1) is 17.7. The molecule has 0 bridgehead atoms. The molecule has 5 rings (SSSR count). The average molecular weight is 502 g/mol. The highest BCUT2D eigenvalue weighted by atomic mass is 35.5. The van der Waals surface area contributed by atoms with Gasteiger partial charge in [-0.15, -0.1) is 0 Å². The molecule has 0 saturated carbocycles. The van der Waals surface area contributed by atoms with Crippen LogP contribution in [0.1, 0.15) is 18.4 Å². The molecule has 7 heteroatoms. The van der Waals surface area contributed by atoms with E-state index < -0.39 is 0 Å². The zero-order chi connectivity index (χ0) is 24.7. The first-order valence-corrected chi connectivity index (χ1v) is 12.5. The number of halogens is 1. The number of carbonyl (C=O) groups is 1. The summed E-state index contributed by atoms with van der Waals surface area (Å²) in [5.74, 6) is 0.375. The minimum atomic E-state index is -0.303. The zero-order valence-electron chi connectivity index (χ0n) is 20.0. The van der Waals surface area contributed by atoms with Crippen molar-refractivity contribution in [3.63, 3.8) is 0 Å². The second-order valence-electron chi connectivity index (χ2n) is 8.75. The molecule has 3 aromatic rings. The van der Waals surface area contributed by atoms with E-state index in [0.717, 1.165) is 52.9 Å². The third kappa shape index (κ3) is 5.78. The summed E-state index contributed by atoms with van der Waals surface area (Å²) in [6, 6.07) is 21.6. The molecule has 0 atom stereocenters. The van der Waals surface area contributed by atoms with Crippen LogP contribution in [0.4, 0.5) is 0 Å². The molecule has 184 valence electrons. The lowest BCUT2D eigenvalue weighted by Gasteiger charge is -2.31. The summed E-state index contributed by atoms with van der Waals surface area (Å²) in [5, 5.41) is 7.03. The van der Waals surface area contributed by atoms with E-state index in [1.165, 1.54) is 11.3 Å². The van der Waals surface area contributed by atoms with Crippen LogP contribution in [0.15, 0.2) is 88.7 Å². The quantitative estimate of drug-likeness (QED) is 0.346. The van der Waals surface area contributed by atoms with Crippen LogP contribution < -0.4 is 10.2 Å². The number of allylic oxidation sites excluding steroid dienone is 2. The van der Waals surface area contributed by atoms with Gasteiger partial charge in [0.15, 0.2) is 6.61 Å². The third-order valence-corrected chi connectivity index (χ3v) is 6.58. The Kier molecular flexibility index (Phi) is 7.64. The molecule has 1 fully saturated rings. The molecule has 0 spiro atoms. The number of amides is 1. The maximum absolute atomic E-state index is 12.4. The Morgan fingerprint density at radius 3 is 2.64 bits per heavy atom. The van der Waals surface area contributed by atoms with E-state index in [4.69, 9.17) is 21.1 Å². The fourth-order valence-electron chi connectivity index (χ4n) is 4.61. The molecule has 1 aliphatic carbocycles. The standard InChI is InChI=1S/C29H28ClN3O3/c30-25-12-8-21(9-13-25)18-23-10-11-24(29(23)33-14-16-35-17-15-33)19-31-32-28(34)20-36-27-7-3-5-22-4-1-2-6-26(22)27/h1-9,12-13,18-19H,10-11,14-17,20H2,(H,32,34). The van der Waals surface area contributed by atoms with Crippen LogP contribution >= 0.6 is 11.6 Å². The highest BCUT2D eigenvalue weighted by Crippen LogP contribution is 2.35. The number of rotatable bonds is 7. The van der Waals surface area contributed by atoms with Gasteiger partial charge in [0.2, 0.25) is 0 Å². The van der Waals surface area contributed by atoms with Gasteiger partial charge in [0.25, 0.3) is 5.91 Å². The molecule has 1 amide bonds. The SMILES string of the molecule is O=C(COc1cccc2ccccc12)NN=CC1=C(N2CCOCC2)C(=Cc2ccc(Cl)cc2)CC1. The summed E-state index contributed by atoms with van der Waals surface area (Å²) >= 11 is 6.05. The first-order valence-electron chi connectivity index (χ1n) is 12.1. The number of morpholine rings is 1. The number of nitrogens with one attached hydrogen (secondary N) is 1. The minimum Gasteiger partial charge on any atom is -0.483 e. The zero-order valence-corrected chi connectivity index (χ0v) is 20.7. The summed E-state index contributed by atoms with van der Waals surface area (Å²) in [7, 11) is 0. The summed E-state index contributed by atoms with van der Waals surface area (Å²) in [6.45, 7) is 2.95. The largest absolute Gasteiger partial charge is 0.483 e. The maximum Gasteiger partial charge on any atom is 0.277 e. The molecule has 6 nitrogen and oxygen atoms in total. The van der Waals surface area contributed by atoms with Crippen molar-refractivity contribution in [1.82, 2.24) is 10.3 Å². The van der Waals surface area contributed by atoms with E-state index in [0.29, 0.717) is 19.0 Å². The molecule has 0 aromatic heterocycles. The smallest absolute Gasteiger partial charge is 0.277 e. The van der Waals surface area contributed by atoms with Crippen LogP contribution in [0.25, 0.3) is 16.8 Å². The van der Waals surface area contributed by atoms with Crippen molar-refractivity contribution in [3.05, 3.63) is 94.2 Å². The number of fused-ring (bicyclic) bond motifs is 1. The molecule has 1 heterocycles. The number of hydrogen-bond donors (Lipinski definition) is 1. The summed E-state index contributed by atoms with van der Waals surface area (Å²) < 4.78 is 11.3. The lowest BCUT2D eigenvalue weighted by molar-refractivity contribution is -0.123. The van der Waals surface area contributed by atoms with Gasteiger partial charge >= 0.3 is 0 Å². The van der Waals surface area contributed by atoms with Gasteiger partial charge in [0, 0.05) is 29.2 Å². The van der Waals surface area contributed by atoms with Crippen LogP contribution in [0.3, 0.4) is 0 Å². The van der Waals surface area contributed by atoms with Crippen molar-refractivity contribution in [2.75, 3.05) is 32.9 Å². The molecule has 1 saturated heterocycles. The Morgan fingerprint density at radius 2 is 1.81 bits per heavy atom. The number of benzene rings is 3. The van der Waals surface area contributed by atoms with Crippen molar-refractivity contribution >= 4 is 40.6 Å². The van der Waals surface area contributed by atoms with Crippen molar-refractivity contribution in [1.29, 1.82) is 0 Å². The summed E-state index contributed by atoms with van der Waals surface area (Å²) in [5.41, 5.74) is 7.26. The van der Waals surface area contributed by atoms with E-state index >= 15 is 0 Å². The number of carbonyl (C=O) groups excluding carboxylic acids is 1. The average Bonchev–Trinajstić information content (AvgIpc) is 3.31. The fraction of sp³-hybridized carbons (Fsp3) is 0.241. The molecule has 2 aliphatic rings. The topological polar surface area (TPSA) is 63.2 Å². The second kappa shape index (κ2) is 11.4. The van der Waals surface area contributed by atoms with Crippen LogP contribution in [0.5, 0.6) is 5.75 Å². The second-order valence-corrected chi connectivity index (χ2v) is 9.19. The predicted molar refractivity (Wildman–Crippen MR) is 144 cm³/mol. The number of ether oxygens (including phenoxy) is 2. The van der Waals surface area contributed by atoms with E-state index in [1.807, 2.05) is 66.7 Å². The maximum atomic E-state index is 12.4. The Balaban J connectivity index is 1.28. The summed E-state index contributed by atoms with van der Waals surface area (Å²) in [4.78, 5) is 14.8. The van der Waals surface area contributed by atoms with Gasteiger partial charge < -0.3 is 14.4 Å². The Bertz CT molecular complexity index is 1320. The Hall–Kier alpha value is -3.61. The molecule has 0 unspecified atom stereocenters. The van der Waals surface area contributed by atoms with Crippen molar-refractivity contribution < 1.29 is 14.3 Å². The molecular weight excluding hydrogens is 474 g/mol.